The third-order valence-electron chi connectivity index (χ3n) is 5.89. The monoisotopic (exact) mass is 551 g/mol. The number of sulfonamides is 1. The average Bonchev–Trinajstić information content (AvgIpc) is 3.43. The Kier molecular flexibility index (Phi) is 7.08. The second-order valence-electron chi connectivity index (χ2n) is 8.18. The predicted molar refractivity (Wildman–Crippen MR) is 125 cm³/mol. The van der Waals surface area contributed by atoms with Crippen LogP contribution in [0.3, 0.4) is 0 Å². The van der Waals surface area contributed by atoms with Gasteiger partial charge in [-0.05, 0) is 6.07 Å². The minimum atomic E-state index is -5.15. The van der Waals surface area contributed by atoms with Crippen LogP contribution in [0, 0.1) is 10.1 Å². The SMILES string of the molecule is Nc1ncnc2c1ncn2[C@]1(S(=O)(=O)NC(=O)CCC(=O)c2ccccc2[N+](=O)[O-])O[C@H](CO)[C@@H](O)[C@H]1O. The number of anilines is 1. The predicted octanol–water partition coefficient (Wildman–Crippen LogP) is -1.85. The van der Waals surface area contributed by atoms with Gasteiger partial charge >= 0.3 is 5.06 Å². The number of fused-ring (bicyclic) bond motifs is 1. The fourth-order valence-electron chi connectivity index (χ4n) is 4.06. The normalized spacial score (nSPS) is 23.4. The lowest BCUT2D eigenvalue weighted by Gasteiger charge is -2.32. The molecule has 3 aromatic rings. The Morgan fingerprint density at radius 2 is 1.92 bits per heavy atom. The number of benzene rings is 1. The number of nitrogens with zero attached hydrogens (tertiary/aromatic N) is 5. The smallest absolute Gasteiger partial charge is 0.300 e. The van der Waals surface area contributed by atoms with E-state index in [9.17, 15) is 43.4 Å². The van der Waals surface area contributed by atoms with Crippen molar-refractivity contribution < 1.29 is 43.0 Å². The lowest BCUT2D eigenvalue weighted by Crippen LogP contribution is -2.56. The number of carbonyl (C=O) groups excluding carboxylic acids is 2. The number of nitrogen functional groups attached to an aromatic ring is 1. The zero-order valence-corrected chi connectivity index (χ0v) is 20.1. The first-order valence-electron chi connectivity index (χ1n) is 10.8. The first-order valence-corrected chi connectivity index (χ1v) is 12.3. The molecule has 4 rings (SSSR count). The number of aliphatic hydroxyl groups excluding tert-OH is 3. The summed E-state index contributed by atoms with van der Waals surface area (Å²) in [6.07, 6.45) is -5.26. The van der Waals surface area contributed by atoms with E-state index in [2.05, 4.69) is 15.0 Å². The first kappa shape index (κ1) is 26.9. The Bertz CT molecular complexity index is 1530. The maximum atomic E-state index is 13.6. The quantitative estimate of drug-likeness (QED) is 0.111. The van der Waals surface area contributed by atoms with Gasteiger partial charge in [0.25, 0.3) is 15.7 Å². The number of para-hydroxylation sites is 1. The number of nitro benzene ring substituents is 1. The first-order chi connectivity index (χ1) is 17.9. The van der Waals surface area contributed by atoms with E-state index in [1.807, 2.05) is 0 Å². The number of hydrogen-bond acceptors (Lipinski definition) is 14. The van der Waals surface area contributed by atoms with Crippen molar-refractivity contribution in [3.05, 3.63) is 52.6 Å². The summed E-state index contributed by atoms with van der Waals surface area (Å²) in [7, 11) is -5.15. The molecule has 1 aromatic carbocycles. The van der Waals surface area contributed by atoms with Crippen LogP contribution in [0.5, 0.6) is 0 Å². The van der Waals surface area contributed by atoms with Crippen molar-refractivity contribution in [1.82, 2.24) is 24.2 Å². The molecule has 17 nitrogen and oxygen atoms in total. The van der Waals surface area contributed by atoms with Gasteiger partial charge in [0.05, 0.1) is 17.1 Å². The summed E-state index contributed by atoms with van der Waals surface area (Å²) < 4.78 is 35.0. The van der Waals surface area contributed by atoms with E-state index in [1.165, 1.54) is 18.2 Å². The molecule has 0 radical (unpaired) electrons. The molecule has 38 heavy (non-hydrogen) atoms. The molecule has 2 aromatic heterocycles. The van der Waals surface area contributed by atoms with E-state index >= 15 is 0 Å². The summed E-state index contributed by atoms with van der Waals surface area (Å²) in [6, 6.07) is 5.05. The number of aromatic nitrogens is 4. The van der Waals surface area contributed by atoms with E-state index in [0.717, 1.165) is 23.3 Å². The maximum absolute atomic E-state index is 13.6. The lowest BCUT2D eigenvalue weighted by atomic mass is 10.0. The van der Waals surface area contributed by atoms with Gasteiger partial charge in [-0.2, -0.15) is 0 Å². The fraction of sp³-hybridized carbons (Fsp3) is 0.350. The summed E-state index contributed by atoms with van der Waals surface area (Å²) in [5.41, 5.74) is 4.67. The molecule has 0 spiro atoms. The molecule has 6 N–H and O–H groups in total. The molecule has 1 amide bonds. The summed E-state index contributed by atoms with van der Waals surface area (Å²) >= 11 is 0. The maximum Gasteiger partial charge on any atom is 0.300 e. The number of aliphatic hydroxyl groups is 3. The number of rotatable bonds is 9. The number of nitrogens with two attached hydrogens (primary N) is 1. The third kappa shape index (κ3) is 4.33. The molecule has 0 aliphatic carbocycles. The molecule has 1 saturated heterocycles. The lowest BCUT2D eigenvalue weighted by molar-refractivity contribution is -0.385. The Morgan fingerprint density at radius 1 is 1.21 bits per heavy atom. The molecule has 202 valence electrons. The van der Waals surface area contributed by atoms with Crippen LogP contribution in [-0.4, -0.2) is 84.8 Å². The molecule has 1 fully saturated rings. The van der Waals surface area contributed by atoms with Crippen molar-refractivity contribution in [3.8, 4) is 0 Å². The van der Waals surface area contributed by atoms with E-state index in [-0.39, 0.29) is 22.5 Å². The number of Topliss-reactive ketones (excluding diaryl/α,β-unsaturated/α-hetero) is 1. The van der Waals surface area contributed by atoms with E-state index < -0.39 is 75.1 Å². The third-order valence-corrected chi connectivity index (χ3v) is 7.69. The van der Waals surface area contributed by atoms with Gasteiger partial charge in [0, 0.05) is 18.9 Å². The standard InChI is InChI=1S/C20H21N7O10S/c21-18-15-19(23-8-22-18)26(9-24-15)20(17(32)16(31)13(7-28)37-20)38(35,36)25-14(30)6-5-12(29)10-3-1-2-4-11(10)27(33)34/h1-4,8-9,13,16-17,28,31-32H,5-7H2,(H,25,30)(H2,21,22,23)/t13-,16-,17-,20+/m1/s1. The van der Waals surface area contributed by atoms with Crippen LogP contribution < -0.4 is 10.5 Å². The molecule has 0 bridgehead atoms. The van der Waals surface area contributed by atoms with E-state index in [4.69, 9.17) is 10.5 Å². The average molecular weight is 551 g/mol. The molecule has 1 aliphatic rings. The van der Waals surface area contributed by atoms with Gasteiger partial charge in [-0.1, -0.05) is 12.1 Å². The molecule has 3 heterocycles. The van der Waals surface area contributed by atoms with Crippen molar-refractivity contribution in [1.29, 1.82) is 0 Å². The van der Waals surface area contributed by atoms with Crippen molar-refractivity contribution in [2.75, 3.05) is 12.3 Å². The zero-order chi connectivity index (χ0) is 27.8. The van der Waals surface area contributed by atoms with Gasteiger partial charge in [0.1, 0.15) is 36.5 Å². The molecule has 18 heteroatoms. The van der Waals surface area contributed by atoms with Gasteiger partial charge in [-0.15, -0.1) is 0 Å². The Hall–Kier alpha value is -4.10. The second kappa shape index (κ2) is 9.99. The van der Waals surface area contributed by atoms with E-state index in [1.54, 1.807) is 4.72 Å². The van der Waals surface area contributed by atoms with Crippen LogP contribution in [0.4, 0.5) is 11.5 Å². The van der Waals surface area contributed by atoms with Gasteiger partial charge < -0.3 is 25.8 Å². The highest BCUT2D eigenvalue weighted by Gasteiger charge is 2.65. The number of imidazole rings is 1. The van der Waals surface area contributed by atoms with Crippen LogP contribution in [-0.2, 0) is 24.6 Å². The fourth-order valence-corrected chi connectivity index (χ4v) is 5.71. The summed E-state index contributed by atoms with van der Waals surface area (Å²) in [5, 5.41) is 39.0. The topological polar surface area (TPSA) is 263 Å². The van der Waals surface area contributed by atoms with Gasteiger partial charge in [-0.25, -0.2) is 28.1 Å². The van der Waals surface area contributed by atoms with Crippen molar-refractivity contribution >= 4 is 44.4 Å². The van der Waals surface area contributed by atoms with Crippen LogP contribution in [0.15, 0.2) is 36.9 Å². The number of amides is 1. The molecule has 0 saturated carbocycles. The summed E-state index contributed by atoms with van der Waals surface area (Å²) in [5.74, 6) is -2.17. The second-order valence-corrected chi connectivity index (χ2v) is 9.97. The number of ketones is 1. The number of hydrogen-bond donors (Lipinski definition) is 5. The molecular weight excluding hydrogens is 530 g/mol. The molecular formula is C20H21N7O10S. The Morgan fingerprint density at radius 3 is 2.58 bits per heavy atom. The van der Waals surface area contributed by atoms with Crippen molar-refractivity contribution in [3.63, 3.8) is 0 Å². The van der Waals surface area contributed by atoms with Gasteiger partial charge in [-0.3, -0.25) is 24.3 Å². The summed E-state index contributed by atoms with van der Waals surface area (Å²) in [4.78, 5) is 47.1. The Balaban J connectivity index is 1.65. The Labute approximate surface area is 213 Å². The number of nitro groups is 1. The van der Waals surface area contributed by atoms with Crippen LogP contribution in [0.1, 0.15) is 23.2 Å². The highest BCUT2D eigenvalue weighted by Crippen LogP contribution is 2.41. The van der Waals surface area contributed by atoms with E-state index in [0.29, 0.717) is 0 Å². The highest BCUT2D eigenvalue weighted by atomic mass is 32.2. The zero-order valence-electron chi connectivity index (χ0n) is 19.2. The van der Waals surface area contributed by atoms with Crippen LogP contribution in [0.2, 0.25) is 0 Å². The van der Waals surface area contributed by atoms with Crippen molar-refractivity contribution in [2.45, 2.75) is 36.2 Å². The minimum absolute atomic E-state index is 0.0822. The minimum Gasteiger partial charge on any atom is -0.394 e. The summed E-state index contributed by atoms with van der Waals surface area (Å²) in [6.45, 7) is -0.905. The largest absolute Gasteiger partial charge is 0.394 e. The molecule has 0 unspecified atom stereocenters. The van der Waals surface area contributed by atoms with Gasteiger partial charge in [0.2, 0.25) is 5.91 Å². The number of nitrogens with one attached hydrogen (secondary N) is 1. The van der Waals surface area contributed by atoms with Crippen molar-refractivity contribution in [2.24, 2.45) is 0 Å². The number of carbonyl (C=O) groups is 2. The van der Waals surface area contributed by atoms with Crippen LogP contribution in [0.25, 0.3) is 11.2 Å². The van der Waals surface area contributed by atoms with Crippen LogP contribution >= 0.6 is 0 Å². The molecule has 1 aliphatic heterocycles. The number of ether oxygens (including phenoxy) is 1. The van der Waals surface area contributed by atoms with Gasteiger partial charge in [0.15, 0.2) is 17.2 Å². The highest BCUT2D eigenvalue weighted by molar-refractivity contribution is 7.90. The molecule has 4 atom stereocenters.